The molecule has 0 bridgehead atoms. The Hall–Kier alpha value is -4.40. The Balaban J connectivity index is 1.23. The third-order valence-electron chi connectivity index (χ3n) is 7.81. The molecule has 14 heteroatoms. The maximum atomic E-state index is 15.5. The molecule has 4 heterocycles. The number of urea groups is 1. The van der Waals surface area contributed by atoms with Gasteiger partial charge < -0.3 is 24.8 Å². The second-order valence-electron chi connectivity index (χ2n) is 10.8. The summed E-state index contributed by atoms with van der Waals surface area (Å²) in [4.78, 5) is 48.0. The summed E-state index contributed by atoms with van der Waals surface area (Å²) in [5.74, 6) is -0.575. The molecule has 1 unspecified atom stereocenters. The van der Waals surface area contributed by atoms with Gasteiger partial charge in [0.2, 0.25) is 5.91 Å². The number of aromatic nitrogens is 1. The molecule has 234 valence electrons. The quantitative estimate of drug-likeness (QED) is 0.190. The number of hydrogen-bond donors (Lipinski definition) is 3. The fourth-order valence-corrected chi connectivity index (χ4v) is 7.06. The Bertz CT molecular complexity index is 1820. The minimum atomic E-state index is -1.94. The first kappa shape index (κ1) is 30.6. The zero-order valence-electron chi connectivity index (χ0n) is 24.2. The van der Waals surface area contributed by atoms with Gasteiger partial charge in [0, 0.05) is 43.1 Å². The monoisotopic (exact) mass is 651 g/mol. The first-order valence-corrected chi connectivity index (χ1v) is 16.5. The number of ether oxygens (including phenoxy) is 1. The van der Waals surface area contributed by atoms with E-state index in [1.54, 1.807) is 54.4 Å². The van der Waals surface area contributed by atoms with Gasteiger partial charge in [-0.3, -0.25) is 14.5 Å². The molecule has 45 heavy (non-hydrogen) atoms. The van der Waals surface area contributed by atoms with E-state index in [4.69, 9.17) is 9.29 Å². The van der Waals surface area contributed by atoms with E-state index < -0.39 is 28.8 Å². The second-order valence-corrected chi connectivity index (χ2v) is 12.9. The van der Waals surface area contributed by atoms with Crippen molar-refractivity contribution in [2.75, 3.05) is 29.1 Å². The van der Waals surface area contributed by atoms with Crippen LogP contribution >= 0.6 is 11.3 Å². The van der Waals surface area contributed by atoms with Crippen LogP contribution in [0.1, 0.15) is 40.9 Å². The molecule has 2 aromatic heterocycles. The van der Waals surface area contributed by atoms with Gasteiger partial charge in [0.25, 0.3) is 5.91 Å². The zero-order chi connectivity index (χ0) is 31.7. The summed E-state index contributed by atoms with van der Waals surface area (Å²) in [7, 11) is 0. The fraction of sp³-hybridized carbons (Fsp3) is 0.290. The van der Waals surface area contributed by atoms with Gasteiger partial charge in [0.15, 0.2) is 22.6 Å². The third kappa shape index (κ3) is 6.26. The first-order chi connectivity index (χ1) is 21.7. The van der Waals surface area contributed by atoms with Crippen LogP contribution < -0.4 is 20.3 Å². The molecule has 1 fully saturated rings. The van der Waals surface area contributed by atoms with Gasteiger partial charge in [-0.1, -0.05) is 18.2 Å². The number of anilines is 3. The van der Waals surface area contributed by atoms with Crippen molar-refractivity contribution >= 4 is 67.5 Å². The molecule has 2 atom stereocenters. The lowest BCUT2D eigenvalue weighted by molar-refractivity contribution is -0.132. The van der Waals surface area contributed by atoms with Gasteiger partial charge in [-0.15, -0.1) is 11.3 Å². The lowest BCUT2D eigenvalue weighted by atomic mass is 10.0. The van der Waals surface area contributed by atoms with Crippen LogP contribution in [0.3, 0.4) is 0 Å². The van der Waals surface area contributed by atoms with E-state index in [1.807, 2.05) is 6.07 Å². The Morgan fingerprint density at radius 2 is 2.00 bits per heavy atom. The van der Waals surface area contributed by atoms with E-state index in [2.05, 4.69) is 15.6 Å². The molecule has 11 nitrogen and oxygen atoms in total. The van der Waals surface area contributed by atoms with Gasteiger partial charge in [-0.2, -0.15) is 0 Å². The van der Waals surface area contributed by atoms with Crippen molar-refractivity contribution in [1.29, 1.82) is 0 Å². The Morgan fingerprint density at radius 1 is 1.20 bits per heavy atom. The van der Waals surface area contributed by atoms with E-state index in [9.17, 15) is 18.6 Å². The van der Waals surface area contributed by atoms with Crippen molar-refractivity contribution in [2.24, 2.45) is 0 Å². The van der Waals surface area contributed by atoms with Gasteiger partial charge in [-0.25, -0.2) is 18.4 Å². The average molecular weight is 652 g/mol. The van der Waals surface area contributed by atoms with Gasteiger partial charge in [-0.05, 0) is 56.5 Å². The van der Waals surface area contributed by atoms with Gasteiger partial charge in [0.1, 0.15) is 15.5 Å². The molecule has 0 radical (unpaired) electrons. The SMILES string of the molecule is Cc1c(N2C(=O)Nc3c(C(=O)N[C@@H]4CCCN(C(=O)CCCS(=O)O)C4)sc4nccc2c34)ccc(Oc2ccccc2)c1F. The normalized spacial score (nSPS) is 16.8. The summed E-state index contributed by atoms with van der Waals surface area (Å²) in [6, 6.07) is 12.7. The average Bonchev–Trinajstić information content (AvgIpc) is 3.40. The summed E-state index contributed by atoms with van der Waals surface area (Å²) in [6.45, 7) is 2.45. The minimum absolute atomic E-state index is 0.0273. The molecule has 4 aromatic rings. The molecule has 4 amide bonds. The number of carbonyl (C=O) groups is 3. The predicted molar refractivity (Wildman–Crippen MR) is 170 cm³/mol. The summed E-state index contributed by atoms with van der Waals surface area (Å²) in [5, 5.41) is 6.41. The van der Waals surface area contributed by atoms with Crippen molar-refractivity contribution in [3.8, 4) is 11.5 Å². The molecule has 2 aromatic carbocycles. The maximum absolute atomic E-state index is 15.5. The number of amides is 4. The standard InChI is InChI=1S/C31H30FN5O6S2/c1-18-21(11-12-23(26(18)32)43-20-8-3-2-4-9-20)37-22-13-14-33-30-25(22)27(35-31(37)40)28(44-30)29(39)34-19-7-5-15-36(17-19)24(38)10-6-16-45(41)42/h2-4,8-9,11-14,19H,5-7,10,15-17H2,1H3,(H,34,39)(H,35,40)(H,41,42)/t19-/m1/s1. The number of piperidine rings is 1. The van der Waals surface area contributed by atoms with E-state index >= 15 is 4.39 Å². The minimum Gasteiger partial charge on any atom is -0.454 e. The van der Waals surface area contributed by atoms with Crippen molar-refractivity contribution in [3.05, 3.63) is 71.0 Å². The summed E-state index contributed by atoms with van der Waals surface area (Å²) in [5.41, 5.74) is 1.32. The van der Waals surface area contributed by atoms with Crippen LogP contribution in [0.2, 0.25) is 0 Å². The van der Waals surface area contributed by atoms with Gasteiger partial charge in [0.05, 0.1) is 22.4 Å². The molecule has 1 saturated heterocycles. The van der Waals surface area contributed by atoms with E-state index in [0.717, 1.165) is 11.3 Å². The number of pyridine rings is 1. The number of rotatable bonds is 9. The first-order valence-electron chi connectivity index (χ1n) is 14.4. The van der Waals surface area contributed by atoms with Crippen LogP contribution in [0, 0.1) is 12.7 Å². The zero-order valence-corrected chi connectivity index (χ0v) is 25.9. The molecule has 2 aliphatic rings. The maximum Gasteiger partial charge on any atom is 0.331 e. The second kappa shape index (κ2) is 12.9. The smallest absolute Gasteiger partial charge is 0.331 e. The molecule has 0 aliphatic carbocycles. The number of nitrogens with one attached hydrogen (secondary N) is 2. The topological polar surface area (TPSA) is 141 Å². The number of halogens is 1. The number of thiophene rings is 1. The Kier molecular flexibility index (Phi) is 8.79. The molecule has 2 aliphatic heterocycles. The summed E-state index contributed by atoms with van der Waals surface area (Å²) < 4.78 is 41.1. The van der Waals surface area contributed by atoms with Crippen molar-refractivity contribution in [3.63, 3.8) is 0 Å². The highest BCUT2D eigenvalue weighted by Gasteiger charge is 2.35. The van der Waals surface area contributed by atoms with E-state index in [0.29, 0.717) is 65.4 Å². The number of carbonyl (C=O) groups excluding carboxylic acids is 3. The highest BCUT2D eigenvalue weighted by atomic mass is 32.2. The number of benzene rings is 2. The van der Waals surface area contributed by atoms with Crippen LogP contribution in [-0.4, -0.2) is 61.4 Å². The molecule has 6 rings (SSSR count). The highest BCUT2D eigenvalue weighted by Crippen LogP contribution is 2.47. The van der Waals surface area contributed by atoms with Crippen LogP contribution in [0.5, 0.6) is 11.5 Å². The molecule has 3 N–H and O–H groups in total. The van der Waals surface area contributed by atoms with Crippen LogP contribution in [0.4, 0.5) is 26.2 Å². The third-order valence-corrected chi connectivity index (χ3v) is 9.54. The van der Waals surface area contributed by atoms with Crippen LogP contribution in [0.25, 0.3) is 10.2 Å². The lowest BCUT2D eigenvalue weighted by Gasteiger charge is -2.33. The fourth-order valence-electron chi connectivity index (χ4n) is 5.65. The summed E-state index contributed by atoms with van der Waals surface area (Å²) in [6.07, 6.45) is 3.39. The summed E-state index contributed by atoms with van der Waals surface area (Å²) >= 11 is -0.804. The van der Waals surface area contributed by atoms with Crippen molar-refractivity contribution in [2.45, 2.75) is 38.6 Å². The molecule has 0 saturated carbocycles. The Morgan fingerprint density at radius 3 is 2.78 bits per heavy atom. The largest absolute Gasteiger partial charge is 0.454 e. The van der Waals surface area contributed by atoms with Crippen molar-refractivity contribution in [1.82, 2.24) is 15.2 Å². The van der Waals surface area contributed by atoms with E-state index in [1.165, 1.54) is 11.0 Å². The number of para-hydroxylation sites is 1. The number of hydrogen-bond acceptors (Lipinski definition) is 7. The molecular formula is C31H30FN5O6S2. The molecular weight excluding hydrogens is 622 g/mol. The van der Waals surface area contributed by atoms with Crippen LogP contribution in [-0.2, 0) is 15.9 Å². The number of likely N-dealkylation sites (tertiary alicyclic amines) is 1. The van der Waals surface area contributed by atoms with Crippen LogP contribution in [0.15, 0.2) is 54.7 Å². The highest BCUT2D eigenvalue weighted by molar-refractivity contribution is 7.79. The van der Waals surface area contributed by atoms with Crippen molar-refractivity contribution < 1.29 is 32.3 Å². The van der Waals surface area contributed by atoms with Gasteiger partial charge >= 0.3 is 6.03 Å². The Labute approximate surface area is 264 Å². The predicted octanol–water partition coefficient (Wildman–Crippen LogP) is 5.94. The lowest BCUT2D eigenvalue weighted by Crippen LogP contribution is -2.49. The van der Waals surface area contributed by atoms with E-state index in [-0.39, 0.29) is 40.3 Å². The number of nitrogens with zero attached hydrogens (tertiary/aromatic N) is 3. The molecule has 0 spiro atoms.